The van der Waals surface area contributed by atoms with Crippen LogP contribution in [0, 0.1) is 23.7 Å². The summed E-state index contributed by atoms with van der Waals surface area (Å²) < 4.78 is 0. The second kappa shape index (κ2) is 26.4. The molecule has 0 heterocycles. The van der Waals surface area contributed by atoms with E-state index in [1.807, 2.05) is 0 Å². The number of Topliss-reactive ketones (excluding diaryl/α,β-unsaturated/α-hetero) is 1. The Hall–Kier alpha value is -2.64. The lowest BCUT2D eigenvalue weighted by Crippen LogP contribution is -2.50. The SMILES string of the molecule is C.CC(=O)C1CC(C(=O)NNC(=O)CCS)CC(C(=O)NNC(=O)CCS)CC(C(=O)NNC(=O)CCS)C1.CNC(=O)CCS. The molecule has 0 bridgehead atoms. The molecule has 19 heteroatoms. The molecule has 1 aliphatic rings. The van der Waals surface area contributed by atoms with Crippen molar-refractivity contribution in [2.45, 2.75) is 65.7 Å². The lowest BCUT2D eigenvalue weighted by atomic mass is 9.73. The number of thiol groups is 4. The molecular weight excluding hydrogens is 679 g/mol. The maximum atomic E-state index is 13.0. The summed E-state index contributed by atoms with van der Waals surface area (Å²) in [5.74, 6) is -5.30. The van der Waals surface area contributed by atoms with E-state index in [-0.39, 0.29) is 81.3 Å². The Morgan fingerprint density at radius 1 is 0.478 bits per heavy atom. The number of rotatable bonds is 12. The third kappa shape index (κ3) is 19.8. The molecule has 7 N–H and O–H groups in total. The van der Waals surface area contributed by atoms with Crippen molar-refractivity contribution >= 4 is 97.6 Å². The van der Waals surface area contributed by atoms with Gasteiger partial charge in [-0.15, -0.1) is 0 Å². The van der Waals surface area contributed by atoms with E-state index >= 15 is 0 Å². The Morgan fingerprint density at radius 2 is 0.739 bits per heavy atom. The summed E-state index contributed by atoms with van der Waals surface area (Å²) in [5.41, 5.74) is 13.8. The van der Waals surface area contributed by atoms with Gasteiger partial charge in [-0.25, -0.2) is 0 Å². The fourth-order valence-corrected chi connectivity index (χ4v) is 4.96. The van der Waals surface area contributed by atoms with Crippen LogP contribution >= 0.6 is 50.5 Å². The fourth-order valence-electron chi connectivity index (χ4n) is 4.15. The summed E-state index contributed by atoms with van der Waals surface area (Å²) >= 11 is 15.7. The van der Waals surface area contributed by atoms with Crippen molar-refractivity contribution in [3.8, 4) is 0 Å². The van der Waals surface area contributed by atoms with E-state index in [1.165, 1.54) is 6.92 Å². The molecule has 2 unspecified atom stereocenters. The normalized spacial score (nSPS) is 18.7. The molecule has 46 heavy (non-hydrogen) atoms. The minimum atomic E-state index is -0.924. The highest BCUT2D eigenvalue weighted by Gasteiger charge is 2.39. The number of carbonyl (C=O) groups excluding carboxylic acids is 8. The van der Waals surface area contributed by atoms with Gasteiger partial charge in [-0.2, -0.15) is 50.5 Å². The van der Waals surface area contributed by atoms with Crippen molar-refractivity contribution in [2.24, 2.45) is 23.7 Å². The van der Waals surface area contributed by atoms with Crippen LogP contribution in [0.15, 0.2) is 0 Å². The average Bonchev–Trinajstić information content (AvgIpc) is 2.98. The summed E-state index contributed by atoms with van der Waals surface area (Å²) in [5, 5.41) is 2.48. The largest absolute Gasteiger partial charge is 0.359 e. The lowest BCUT2D eigenvalue weighted by molar-refractivity contribution is -0.138. The first-order valence-corrected chi connectivity index (χ1v) is 16.8. The Bertz CT molecular complexity index is 992. The molecule has 0 aromatic carbocycles. The molecule has 264 valence electrons. The van der Waals surface area contributed by atoms with E-state index in [4.69, 9.17) is 0 Å². The van der Waals surface area contributed by atoms with Crippen LogP contribution in [0.2, 0.25) is 0 Å². The average molecular weight is 728 g/mol. The zero-order valence-corrected chi connectivity index (χ0v) is 28.9. The van der Waals surface area contributed by atoms with E-state index < -0.39 is 59.1 Å². The number of amides is 7. The smallest absolute Gasteiger partial charge is 0.241 e. The monoisotopic (exact) mass is 727 g/mol. The van der Waals surface area contributed by atoms with Gasteiger partial charge in [-0.1, -0.05) is 7.43 Å². The predicted octanol–water partition coefficient (Wildman–Crippen LogP) is -0.295. The molecule has 0 aromatic heterocycles. The van der Waals surface area contributed by atoms with Crippen LogP contribution in [-0.4, -0.2) is 77.2 Å². The highest BCUT2D eigenvalue weighted by Crippen LogP contribution is 2.34. The quantitative estimate of drug-likeness (QED) is 0.0945. The van der Waals surface area contributed by atoms with E-state index in [2.05, 4.69) is 88.4 Å². The Labute approximate surface area is 292 Å². The Kier molecular flexibility index (Phi) is 26.1. The molecule has 1 aliphatic carbocycles. The molecular formula is C27H49N7O8S4. The van der Waals surface area contributed by atoms with Gasteiger partial charge in [0.05, 0.1) is 0 Å². The number of ketones is 1. The van der Waals surface area contributed by atoms with Crippen LogP contribution in [0.25, 0.3) is 0 Å². The number of hydrogen-bond donors (Lipinski definition) is 11. The Morgan fingerprint density at radius 3 is 0.957 bits per heavy atom. The maximum absolute atomic E-state index is 13.0. The fraction of sp³-hybridized carbons (Fsp3) is 0.704. The molecule has 1 fully saturated rings. The first-order valence-electron chi connectivity index (χ1n) is 14.2. The van der Waals surface area contributed by atoms with Crippen molar-refractivity contribution in [3.05, 3.63) is 0 Å². The van der Waals surface area contributed by atoms with E-state index in [0.717, 1.165) is 0 Å². The van der Waals surface area contributed by atoms with Crippen LogP contribution in [-0.2, 0) is 38.4 Å². The highest BCUT2D eigenvalue weighted by atomic mass is 32.1. The van der Waals surface area contributed by atoms with Gasteiger partial charge in [0.2, 0.25) is 41.4 Å². The molecule has 15 nitrogen and oxygen atoms in total. The van der Waals surface area contributed by atoms with Crippen molar-refractivity contribution < 1.29 is 38.4 Å². The van der Waals surface area contributed by atoms with Gasteiger partial charge in [0.25, 0.3) is 0 Å². The minimum Gasteiger partial charge on any atom is -0.359 e. The van der Waals surface area contributed by atoms with Gasteiger partial charge in [-0.3, -0.25) is 70.9 Å². The molecule has 1 saturated carbocycles. The van der Waals surface area contributed by atoms with Crippen LogP contribution in [0.5, 0.6) is 0 Å². The summed E-state index contributed by atoms with van der Waals surface area (Å²) in [7, 11) is 1.62. The topological polar surface area (TPSA) is 221 Å². The molecule has 0 saturated heterocycles. The van der Waals surface area contributed by atoms with Gasteiger partial charge in [0.1, 0.15) is 5.78 Å². The summed E-state index contributed by atoms with van der Waals surface area (Å²) in [6.07, 6.45) is 0.627. The summed E-state index contributed by atoms with van der Waals surface area (Å²) in [4.78, 5) is 96.8. The zero-order valence-electron chi connectivity index (χ0n) is 25.3. The van der Waals surface area contributed by atoms with Crippen molar-refractivity contribution in [3.63, 3.8) is 0 Å². The zero-order chi connectivity index (χ0) is 34.4. The summed E-state index contributed by atoms with van der Waals surface area (Å²) in [6, 6.07) is 0. The van der Waals surface area contributed by atoms with Gasteiger partial charge < -0.3 is 5.32 Å². The lowest BCUT2D eigenvalue weighted by Gasteiger charge is -2.32. The first-order chi connectivity index (χ1) is 21.3. The number of carbonyl (C=O) groups is 8. The second-order valence-corrected chi connectivity index (χ2v) is 11.8. The standard InChI is InChI=1S/C22H36N6O7S3.C4H9NOS.CH4/c1-12(29)13-8-14(20(33)26-23-17(30)2-5-36)10-16(22(35)28-25-19(32)4-7-38)11-15(9-13)21(34)27-24-18(31)3-6-37;1-5-4(6)2-3-7;/h13-16,36-38H,2-11H2,1H3,(H,23,30)(H,24,31)(H,25,32)(H,26,33)(H,27,34)(H,28,35);7H,2-3H2,1H3,(H,5,6);1H4. The van der Waals surface area contributed by atoms with Gasteiger partial charge in [-0.05, 0) is 55.6 Å². The molecule has 0 radical (unpaired) electrons. The number of nitrogens with one attached hydrogen (secondary N) is 7. The van der Waals surface area contributed by atoms with Crippen LogP contribution in [0.4, 0.5) is 0 Å². The van der Waals surface area contributed by atoms with E-state index in [1.54, 1.807) is 7.05 Å². The second-order valence-electron chi connectivity index (χ2n) is 10.0. The minimum absolute atomic E-state index is 0. The van der Waals surface area contributed by atoms with Crippen LogP contribution in [0.3, 0.4) is 0 Å². The molecule has 7 amide bonds. The van der Waals surface area contributed by atoms with E-state index in [9.17, 15) is 38.4 Å². The van der Waals surface area contributed by atoms with Crippen molar-refractivity contribution in [2.75, 3.05) is 30.1 Å². The van der Waals surface area contributed by atoms with Crippen molar-refractivity contribution in [1.82, 2.24) is 37.9 Å². The molecule has 0 aliphatic heterocycles. The van der Waals surface area contributed by atoms with Gasteiger partial charge >= 0.3 is 0 Å². The van der Waals surface area contributed by atoms with Crippen LogP contribution < -0.4 is 37.9 Å². The Balaban J connectivity index is 0. The summed E-state index contributed by atoms with van der Waals surface area (Å²) in [6.45, 7) is 1.35. The third-order valence-electron chi connectivity index (χ3n) is 6.57. The first kappa shape index (κ1) is 45.5. The number of hydrogen-bond acceptors (Lipinski definition) is 12. The highest BCUT2D eigenvalue weighted by molar-refractivity contribution is 7.80. The molecule has 0 aromatic rings. The van der Waals surface area contributed by atoms with Gasteiger partial charge in [0, 0.05) is 56.4 Å². The molecule has 0 spiro atoms. The molecule has 1 rings (SSSR count). The third-order valence-corrected chi connectivity index (χ3v) is 7.47. The maximum Gasteiger partial charge on any atom is 0.241 e. The number of hydrazine groups is 3. The van der Waals surface area contributed by atoms with Crippen LogP contribution in [0.1, 0.15) is 65.7 Å². The predicted molar refractivity (Wildman–Crippen MR) is 187 cm³/mol. The van der Waals surface area contributed by atoms with E-state index in [0.29, 0.717) is 12.2 Å². The van der Waals surface area contributed by atoms with Crippen molar-refractivity contribution in [1.29, 1.82) is 0 Å². The van der Waals surface area contributed by atoms with Gasteiger partial charge in [0.15, 0.2) is 0 Å². The molecule has 2 atom stereocenters.